The molecule has 0 atom stereocenters. The third-order valence-corrected chi connectivity index (χ3v) is 7.48. The first-order chi connectivity index (χ1) is 15.3. The summed E-state index contributed by atoms with van der Waals surface area (Å²) in [5, 5.41) is 7.71. The van der Waals surface area contributed by atoms with Gasteiger partial charge in [-0.2, -0.15) is 5.10 Å². The second kappa shape index (κ2) is 8.96. The predicted octanol–water partition coefficient (Wildman–Crippen LogP) is 3.77. The number of para-hydroxylation sites is 1. The first kappa shape index (κ1) is 22.4. The monoisotopic (exact) mass is 472 g/mol. The number of sulfonamides is 1. The molecule has 4 rings (SSSR count). The molecule has 168 valence electrons. The van der Waals surface area contributed by atoms with Crippen molar-refractivity contribution in [2.45, 2.75) is 26.2 Å². The number of hydrogen-bond donors (Lipinski definition) is 1. The molecule has 0 radical (unpaired) electrons. The van der Waals surface area contributed by atoms with Crippen LogP contribution < -0.4 is 9.62 Å². The number of nitrogens with zero attached hydrogens (tertiary/aromatic N) is 3. The summed E-state index contributed by atoms with van der Waals surface area (Å²) in [6, 6.07) is 14.7. The van der Waals surface area contributed by atoms with Gasteiger partial charge >= 0.3 is 0 Å². The molecule has 0 spiro atoms. The minimum Gasteiger partial charge on any atom is -0.351 e. The summed E-state index contributed by atoms with van der Waals surface area (Å²) in [4.78, 5) is 12.9. The largest absolute Gasteiger partial charge is 0.351 e. The molecule has 32 heavy (non-hydrogen) atoms. The van der Waals surface area contributed by atoms with E-state index < -0.39 is 10.0 Å². The molecule has 3 aromatic rings. The van der Waals surface area contributed by atoms with Crippen molar-refractivity contribution in [3.63, 3.8) is 0 Å². The summed E-state index contributed by atoms with van der Waals surface area (Å²) in [6.07, 6.45) is 2.21. The molecule has 1 N–H and O–H groups in total. The van der Waals surface area contributed by atoms with Crippen LogP contribution in [0.15, 0.2) is 54.7 Å². The lowest BCUT2D eigenvalue weighted by atomic mass is 10.1. The summed E-state index contributed by atoms with van der Waals surface area (Å²) >= 11 is 6.11. The molecule has 2 aromatic carbocycles. The Bertz CT molecular complexity index is 1250. The van der Waals surface area contributed by atoms with Crippen LogP contribution in [0.3, 0.4) is 0 Å². The average molecular weight is 473 g/mol. The second-order valence-corrected chi connectivity index (χ2v) is 10.5. The number of anilines is 1. The molecule has 0 aliphatic carbocycles. The van der Waals surface area contributed by atoms with Crippen LogP contribution in [0.25, 0.3) is 5.69 Å². The molecule has 1 amide bonds. The zero-order valence-electron chi connectivity index (χ0n) is 18.0. The Morgan fingerprint density at radius 3 is 2.72 bits per heavy atom. The maximum Gasteiger partial charge on any atom is 0.254 e. The van der Waals surface area contributed by atoms with Gasteiger partial charge < -0.3 is 5.32 Å². The zero-order valence-corrected chi connectivity index (χ0v) is 19.5. The minimum absolute atomic E-state index is 0.0136. The van der Waals surface area contributed by atoms with Crippen LogP contribution in [0, 0.1) is 0 Å². The van der Waals surface area contributed by atoms with Crippen LogP contribution in [-0.2, 0) is 16.4 Å². The average Bonchev–Trinajstić information content (AvgIpc) is 3.39. The summed E-state index contributed by atoms with van der Waals surface area (Å²) < 4.78 is 28.8. The number of aromatic nitrogens is 2. The van der Waals surface area contributed by atoms with Gasteiger partial charge in [0.1, 0.15) is 0 Å². The molecule has 0 bridgehead atoms. The molecular weight excluding hydrogens is 448 g/mol. The number of rotatable bonds is 7. The van der Waals surface area contributed by atoms with Crippen molar-refractivity contribution in [2.24, 2.45) is 0 Å². The zero-order chi connectivity index (χ0) is 22.9. The Morgan fingerprint density at radius 2 is 1.97 bits per heavy atom. The summed E-state index contributed by atoms with van der Waals surface area (Å²) in [7, 11) is -3.54. The fraction of sp³-hybridized carbons (Fsp3) is 0.304. The molecule has 0 saturated heterocycles. The number of carbonyl (C=O) groups is 1. The van der Waals surface area contributed by atoms with E-state index in [1.54, 1.807) is 16.8 Å². The standard InChI is InChI=1S/C23H25ClN4O3S/c1-16(2)22-20(15-26-28(22)19-8-5-7-18(24)14-19)23(29)25-11-13-32(30,31)27-12-10-17-6-3-4-9-21(17)27/h3-9,14-16H,10-13H2,1-2H3,(H,25,29). The van der Waals surface area contributed by atoms with E-state index in [1.165, 1.54) is 10.5 Å². The number of benzene rings is 2. The molecule has 0 unspecified atom stereocenters. The van der Waals surface area contributed by atoms with Crippen LogP contribution in [0.4, 0.5) is 5.69 Å². The smallest absolute Gasteiger partial charge is 0.254 e. The highest BCUT2D eigenvalue weighted by atomic mass is 35.5. The SMILES string of the molecule is CC(C)c1c(C(=O)NCCS(=O)(=O)N2CCc3ccccc32)cnn1-c1cccc(Cl)c1. The summed E-state index contributed by atoms with van der Waals surface area (Å²) in [5.41, 5.74) is 3.67. The molecule has 1 aromatic heterocycles. The molecule has 7 nitrogen and oxygen atoms in total. The molecule has 0 saturated carbocycles. The Balaban J connectivity index is 1.47. The van der Waals surface area contributed by atoms with Gasteiger partial charge in [-0.15, -0.1) is 0 Å². The number of amides is 1. The molecule has 1 aliphatic rings. The van der Waals surface area contributed by atoms with E-state index >= 15 is 0 Å². The second-order valence-electron chi connectivity index (χ2n) is 8.01. The van der Waals surface area contributed by atoms with E-state index in [-0.39, 0.29) is 24.1 Å². The topological polar surface area (TPSA) is 84.3 Å². The van der Waals surface area contributed by atoms with Gasteiger partial charge in [0.25, 0.3) is 5.91 Å². The van der Waals surface area contributed by atoms with E-state index in [9.17, 15) is 13.2 Å². The van der Waals surface area contributed by atoms with Crippen LogP contribution in [0.2, 0.25) is 5.02 Å². The first-order valence-corrected chi connectivity index (χ1v) is 12.5. The lowest BCUT2D eigenvalue weighted by molar-refractivity contribution is 0.0954. The number of carbonyl (C=O) groups excluding carboxylic acids is 1. The maximum atomic E-state index is 12.9. The highest BCUT2D eigenvalue weighted by molar-refractivity contribution is 7.92. The van der Waals surface area contributed by atoms with E-state index in [2.05, 4.69) is 10.4 Å². The normalized spacial score (nSPS) is 13.4. The van der Waals surface area contributed by atoms with E-state index in [0.29, 0.717) is 23.6 Å². The van der Waals surface area contributed by atoms with Crippen molar-refractivity contribution in [3.8, 4) is 5.69 Å². The fourth-order valence-corrected chi connectivity index (χ4v) is 5.61. The van der Waals surface area contributed by atoms with Gasteiger partial charge in [-0.25, -0.2) is 13.1 Å². The van der Waals surface area contributed by atoms with Crippen LogP contribution in [0.5, 0.6) is 0 Å². The van der Waals surface area contributed by atoms with E-state index in [0.717, 1.165) is 22.6 Å². The third kappa shape index (κ3) is 4.38. The van der Waals surface area contributed by atoms with Gasteiger partial charge in [0.05, 0.1) is 34.6 Å². The molecule has 1 aliphatic heterocycles. The van der Waals surface area contributed by atoms with Crippen molar-refractivity contribution < 1.29 is 13.2 Å². The van der Waals surface area contributed by atoms with Crippen molar-refractivity contribution in [3.05, 3.63) is 76.6 Å². The van der Waals surface area contributed by atoms with Crippen molar-refractivity contribution >= 4 is 33.2 Å². The van der Waals surface area contributed by atoms with Gasteiger partial charge in [0.15, 0.2) is 0 Å². The quantitative estimate of drug-likeness (QED) is 0.567. The van der Waals surface area contributed by atoms with Gasteiger partial charge in [0.2, 0.25) is 10.0 Å². The van der Waals surface area contributed by atoms with E-state index in [1.807, 2.05) is 50.2 Å². The molecule has 0 fully saturated rings. The van der Waals surface area contributed by atoms with Crippen molar-refractivity contribution in [1.29, 1.82) is 0 Å². The third-order valence-electron chi connectivity index (χ3n) is 5.48. The van der Waals surface area contributed by atoms with Crippen LogP contribution >= 0.6 is 11.6 Å². The summed E-state index contributed by atoms with van der Waals surface area (Å²) in [5.74, 6) is -0.506. The van der Waals surface area contributed by atoms with Gasteiger partial charge in [-0.1, -0.05) is 49.7 Å². The summed E-state index contributed by atoms with van der Waals surface area (Å²) in [6.45, 7) is 4.40. The fourth-order valence-electron chi connectivity index (χ4n) is 4.00. The lowest BCUT2D eigenvalue weighted by Crippen LogP contribution is -2.37. The molecule has 2 heterocycles. The Labute approximate surface area is 193 Å². The van der Waals surface area contributed by atoms with Gasteiger partial charge in [0, 0.05) is 18.1 Å². The van der Waals surface area contributed by atoms with Crippen molar-refractivity contribution in [1.82, 2.24) is 15.1 Å². The Morgan fingerprint density at radius 1 is 1.19 bits per heavy atom. The van der Waals surface area contributed by atoms with E-state index in [4.69, 9.17) is 11.6 Å². The lowest BCUT2D eigenvalue weighted by Gasteiger charge is -2.19. The number of fused-ring (bicyclic) bond motifs is 1. The van der Waals surface area contributed by atoms with Crippen molar-refractivity contribution in [2.75, 3.05) is 23.1 Å². The highest BCUT2D eigenvalue weighted by Crippen LogP contribution is 2.30. The number of halogens is 1. The number of hydrogen-bond acceptors (Lipinski definition) is 4. The Hall–Kier alpha value is -2.84. The first-order valence-electron chi connectivity index (χ1n) is 10.5. The minimum atomic E-state index is -3.54. The number of nitrogens with one attached hydrogen (secondary N) is 1. The van der Waals surface area contributed by atoms with Gasteiger partial charge in [-0.05, 0) is 42.2 Å². The Kier molecular flexibility index (Phi) is 6.26. The van der Waals surface area contributed by atoms with Gasteiger partial charge in [-0.3, -0.25) is 9.10 Å². The highest BCUT2D eigenvalue weighted by Gasteiger charge is 2.29. The van der Waals surface area contributed by atoms with Crippen LogP contribution in [0.1, 0.15) is 41.4 Å². The maximum absolute atomic E-state index is 12.9. The molecule has 9 heteroatoms. The predicted molar refractivity (Wildman–Crippen MR) is 126 cm³/mol. The van der Waals surface area contributed by atoms with Crippen LogP contribution in [-0.4, -0.2) is 42.9 Å². The molecular formula is C23H25ClN4O3S.